The number of anilines is 2. The van der Waals surface area contributed by atoms with Crippen molar-refractivity contribution in [2.45, 2.75) is 10.9 Å². The fraction of sp³-hybridized carbons (Fsp3) is 0.261. The topological polar surface area (TPSA) is 78.8 Å². The van der Waals surface area contributed by atoms with Crippen LogP contribution in [-0.2, 0) is 5.75 Å². The SMILES string of the molecule is COc1ccc(N2CCN(c3cc(Cl)nc(SCc4cccc(C(=O)O)c4)n3)CC2)cc1. The van der Waals surface area contributed by atoms with Crippen LogP contribution in [0, 0.1) is 0 Å². The minimum atomic E-state index is -0.938. The number of thioether (sulfide) groups is 1. The molecular weight excluding hydrogens is 448 g/mol. The van der Waals surface area contributed by atoms with Gasteiger partial charge in [0.15, 0.2) is 5.16 Å². The van der Waals surface area contributed by atoms with E-state index in [0.717, 1.165) is 43.3 Å². The Hall–Kier alpha value is -2.97. The Bertz CT molecular complexity index is 1090. The molecule has 1 N–H and O–H groups in total. The highest BCUT2D eigenvalue weighted by Crippen LogP contribution is 2.27. The van der Waals surface area contributed by atoms with E-state index in [1.807, 2.05) is 18.2 Å². The molecule has 0 saturated carbocycles. The van der Waals surface area contributed by atoms with E-state index < -0.39 is 5.97 Å². The smallest absolute Gasteiger partial charge is 0.335 e. The van der Waals surface area contributed by atoms with Crippen LogP contribution in [0.4, 0.5) is 11.5 Å². The molecule has 0 spiro atoms. The number of benzene rings is 2. The van der Waals surface area contributed by atoms with E-state index in [0.29, 0.717) is 16.1 Å². The number of aromatic carboxylic acids is 1. The first-order chi connectivity index (χ1) is 15.5. The molecule has 1 aliphatic heterocycles. The van der Waals surface area contributed by atoms with Gasteiger partial charge in [-0.2, -0.15) is 0 Å². The van der Waals surface area contributed by atoms with Crippen molar-refractivity contribution in [3.05, 3.63) is 70.9 Å². The van der Waals surface area contributed by atoms with E-state index in [2.05, 4.69) is 26.9 Å². The number of aromatic nitrogens is 2. The third kappa shape index (κ3) is 5.44. The summed E-state index contributed by atoms with van der Waals surface area (Å²) in [5.74, 6) is 1.28. The average molecular weight is 471 g/mol. The molecule has 1 fully saturated rings. The van der Waals surface area contributed by atoms with Gasteiger partial charge in [-0.1, -0.05) is 35.5 Å². The Morgan fingerprint density at radius 3 is 2.47 bits per heavy atom. The maximum absolute atomic E-state index is 11.2. The van der Waals surface area contributed by atoms with Gasteiger partial charge >= 0.3 is 5.97 Å². The van der Waals surface area contributed by atoms with E-state index in [-0.39, 0.29) is 5.56 Å². The van der Waals surface area contributed by atoms with Crippen molar-refractivity contribution in [1.82, 2.24) is 9.97 Å². The van der Waals surface area contributed by atoms with E-state index in [1.165, 1.54) is 17.4 Å². The Kier molecular flexibility index (Phi) is 7.02. The monoisotopic (exact) mass is 470 g/mol. The minimum Gasteiger partial charge on any atom is -0.497 e. The summed E-state index contributed by atoms with van der Waals surface area (Å²) in [7, 11) is 1.67. The lowest BCUT2D eigenvalue weighted by Crippen LogP contribution is -2.46. The molecule has 1 aromatic heterocycles. The number of hydrogen-bond acceptors (Lipinski definition) is 7. The highest BCUT2D eigenvalue weighted by Gasteiger charge is 2.20. The summed E-state index contributed by atoms with van der Waals surface area (Å²) >= 11 is 7.72. The molecule has 0 bridgehead atoms. The zero-order chi connectivity index (χ0) is 22.5. The molecule has 0 radical (unpaired) electrons. The first kappa shape index (κ1) is 22.2. The molecule has 2 aromatic carbocycles. The number of hydrogen-bond donors (Lipinski definition) is 1. The molecule has 0 amide bonds. The molecular formula is C23H23ClN4O3S. The van der Waals surface area contributed by atoms with Crippen molar-refractivity contribution in [2.75, 3.05) is 43.1 Å². The molecule has 3 aromatic rings. The van der Waals surface area contributed by atoms with Crippen LogP contribution in [0.1, 0.15) is 15.9 Å². The number of carboxylic acid groups (broad SMARTS) is 1. The third-order valence-corrected chi connectivity index (χ3v) is 6.36. The minimum absolute atomic E-state index is 0.269. The highest BCUT2D eigenvalue weighted by molar-refractivity contribution is 7.98. The fourth-order valence-corrected chi connectivity index (χ4v) is 4.56. The Morgan fingerprint density at radius 1 is 1.06 bits per heavy atom. The summed E-state index contributed by atoms with van der Waals surface area (Å²) in [6, 6.07) is 16.8. The summed E-state index contributed by atoms with van der Waals surface area (Å²) in [5, 5.41) is 10.1. The standard InChI is InChI=1S/C23H23ClN4O3S/c1-31-19-7-5-18(6-8-19)27-9-11-28(12-10-27)21-14-20(24)25-23(26-21)32-15-16-3-2-4-17(13-16)22(29)30/h2-8,13-14H,9-12,15H2,1H3,(H,29,30). The molecule has 7 nitrogen and oxygen atoms in total. The fourth-order valence-electron chi connectivity index (χ4n) is 3.54. The lowest BCUT2D eigenvalue weighted by atomic mass is 10.1. The number of halogens is 1. The second-order valence-corrected chi connectivity index (χ2v) is 8.63. The zero-order valence-corrected chi connectivity index (χ0v) is 19.1. The predicted molar refractivity (Wildman–Crippen MR) is 127 cm³/mol. The van der Waals surface area contributed by atoms with Gasteiger partial charge in [0.05, 0.1) is 12.7 Å². The molecule has 0 atom stereocenters. The van der Waals surface area contributed by atoms with Gasteiger partial charge in [-0.05, 0) is 42.0 Å². The average Bonchev–Trinajstić information content (AvgIpc) is 2.83. The van der Waals surface area contributed by atoms with Gasteiger partial charge in [-0.15, -0.1) is 0 Å². The number of methoxy groups -OCH3 is 1. The van der Waals surface area contributed by atoms with Crippen molar-refractivity contribution >= 4 is 40.8 Å². The van der Waals surface area contributed by atoms with Crippen molar-refractivity contribution < 1.29 is 14.6 Å². The third-order valence-electron chi connectivity index (χ3n) is 5.24. The highest BCUT2D eigenvalue weighted by atomic mass is 35.5. The van der Waals surface area contributed by atoms with E-state index >= 15 is 0 Å². The first-order valence-corrected chi connectivity index (χ1v) is 11.5. The van der Waals surface area contributed by atoms with Crippen LogP contribution in [-0.4, -0.2) is 54.3 Å². The van der Waals surface area contributed by atoms with Crippen molar-refractivity contribution in [3.63, 3.8) is 0 Å². The maximum Gasteiger partial charge on any atom is 0.335 e. The molecule has 32 heavy (non-hydrogen) atoms. The van der Waals surface area contributed by atoms with Crippen LogP contribution in [0.3, 0.4) is 0 Å². The van der Waals surface area contributed by atoms with Crippen LogP contribution >= 0.6 is 23.4 Å². The van der Waals surface area contributed by atoms with Crippen LogP contribution in [0.5, 0.6) is 5.75 Å². The van der Waals surface area contributed by atoms with Crippen LogP contribution in [0.15, 0.2) is 59.8 Å². The predicted octanol–water partition coefficient (Wildman–Crippen LogP) is 4.46. The van der Waals surface area contributed by atoms with Gasteiger partial charge in [-0.3, -0.25) is 0 Å². The molecule has 9 heteroatoms. The maximum atomic E-state index is 11.2. The molecule has 0 aliphatic carbocycles. The Labute approximate surface area is 196 Å². The number of nitrogens with zero attached hydrogens (tertiary/aromatic N) is 4. The number of rotatable bonds is 7. The van der Waals surface area contributed by atoms with Crippen molar-refractivity contribution in [3.8, 4) is 5.75 Å². The second-order valence-electron chi connectivity index (χ2n) is 7.30. The Morgan fingerprint density at radius 2 is 1.78 bits per heavy atom. The molecule has 1 aliphatic rings. The summed E-state index contributed by atoms with van der Waals surface area (Å²) in [6.07, 6.45) is 0. The number of piperazine rings is 1. The van der Waals surface area contributed by atoms with Crippen LogP contribution < -0.4 is 14.5 Å². The molecule has 1 saturated heterocycles. The van der Waals surface area contributed by atoms with Crippen molar-refractivity contribution in [1.29, 1.82) is 0 Å². The van der Waals surface area contributed by atoms with Crippen LogP contribution in [0.2, 0.25) is 5.15 Å². The molecule has 0 unspecified atom stereocenters. The van der Waals surface area contributed by atoms with Gasteiger partial charge < -0.3 is 19.6 Å². The normalized spacial score (nSPS) is 13.8. The van der Waals surface area contributed by atoms with Gasteiger partial charge in [0, 0.05) is 43.7 Å². The Balaban J connectivity index is 1.39. The first-order valence-electron chi connectivity index (χ1n) is 10.2. The van der Waals surface area contributed by atoms with E-state index in [4.69, 9.17) is 26.4 Å². The van der Waals surface area contributed by atoms with Crippen molar-refractivity contribution in [2.24, 2.45) is 0 Å². The van der Waals surface area contributed by atoms with E-state index in [9.17, 15) is 4.79 Å². The van der Waals surface area contributed by atoms with Crippen LogP contribution in [0.25, 0.3) is 0 Å². The second kappa shape index (κ2) is 10.1. The van der Waals surface area contributed by atoms with Gasteiger partial charge in [-0.25, -0.2) is 14.8 Å². The summed E-state index contributed by atoms with van der Waals surface area (Å²) < 4.78 is 5.24. The van der Waals surface area contributed by atoms with Gasteiger partial charge in [0.1, 0.15) is 16.7 Å². The van der Waals surface area contributed by atoms with E-state index in [1.54, 1.807) is 31.4 Å². The summed E-state index contributed by atoms with van der Waals surface area (Å²) in [5.41, 5.74) is 2.34. The largest absolute Gasteiger partial charge is 0.497 e. The van der Waals surface area contributed by atoms with Gasteiger partial charge in [0.25, 0.3) is 0 Å². The summed E-state index contributed by atoms with van der Waals surface area (Å²) in [4.78, 5) is 24.7. The molecule has 166 valence electrons. The summed E-state index contributed by atoms with van der Waals surface area (Å²) in [6.45, 7) is 3.39. The number of carboxylic acids is 1. The molecule has 2 heterocycles. The zero-order valence-electron chi connectivity index (χ0n) is 17.6. The number of ether oxygens (including phenoxy) is 1. The quantitative estimate of drug-likeness (QED) is 0.308. The lowest BCUT2D eigenvalue weighted by Gasteiger charge is -2.36. The lowest BCUT2D eigenvalue weighted by molar-refractivity contribution is 0.0696. The molecule has 4 rings (SSSR count). The van der Waals surface area contributed by atoms with Gasteiger partial charge in [0.2, 0.25) is 0 Å². The number of carbonyl (C=O) groups is 1.